The Morgan fingerprint density at radius 3 is 1.87 bits per heavy atom. The van der Waals surface area contributed by atoms with E-state index in [2.05, 4.69) is 10.2 Å². The first-order valence-corrected chi connectivity index (χ1v) is 14.9. The summed E-state index contributed by atoms with van der Waals surface area (Å²) in [6.45, 7) is 3.12. The molecule has 0 radical (unpaired) electrons. The molecule has 0 spiro atoms. The van der Waals surface area contributed by atoms with E-state index in [1.807, 2.05) is 42.5 Å². The summed E-state index contributed by atoms with van der Waals surface area (Å²) in [5.74, 6) is -1.76. The second-order valence-electron chi connectivity index (χ2n) is 12.1. The molecule has 1 unspecified atom stereocenters. The predicted octanol–water partition coefficient (Wildman–Crippen LogP) is 9.22. The van der Waals surface area contributed by atoms with E-state index in [1.54, 1.807) is 0 Å². The van der Waals surface area contributed by atoms with Crippen LogP contribution in [0.2, 0.25) is 0 Å². The van der Waals surface area contributed by atoms with E-state index in [4.69, 9.17) is 0 Å². The van der Waals surface area contributed by atoms with Gasteiger partial charge in [-0.15, -0.1) is 12.4 Å². The van der Waals surface area contributed by atoms with Crippen LogP contribution in [0.4, 0.5) is 30.7 Å². The maximum Gasteiger partial charge on any atom is 0.416 e. The van der Waals surface area contributed by atoms with E-state index in [0.29, 0.717) is 30.9 Å². The SMILES string of the molecule is CC(C(=O)NC1(c2ccccc2)CCC(N2CCC(c3ccc(F)cc3)CC2)CC1)c1cc(C(F)(F)F)cc(C(F)(F)F)c1.Cl. The van der Waals surface area contributed by atoms with E-state index in [0.717, 1.165) is 49.9 Å². The molecule has 2 fully saturated rings. The fourth-order valence-corrected chi connectivity index (χ4v) is 6.76. The van der Waals surface area contributed by atoms with Gasteiger partial charge >= 0.3 is 12.4 Å². The number of halogens is 8. The normalized spacial score (nSPS) is 22.4. The second-order valence-corrected chi connectivity index (χ2v) is 12.1. The molecule has 11 heteroatoms. The summed E-state index contributed by atoms with van der Waals surface area (Å²) in [6, 6.07) is 17.6. The Balaban J connectivity index is 0.00000461. The number of amides is 1. The van der Waals surface area contributed by atoms with Gasteiger partial charge in [0.15, 0.2) is 0 Å². The van der Waals surface area contributed by atoms with Gasteiger partial charge in [-0.2, -0.15) is 26.3 Å². The summed E-state index contributed by atoms with van der Waals surface area (Å²) in [5.41, 5.74) is -2.03. The predicted molar refractivity (Wildman–Crippen MR) is 161 cm³/mol. The Labute approximate surface area is 264 Å². The number of likely N-dealkylation sites (tertiary alicyclic amines) is 1. The highest BCUT2D eigenvalue weighted by molar-refractivity contribution is 5.85. The van der Waals surface area contributed by atoms with Crippen molar-refractivity contribution in [2.24, 2.45) is 0 Å². The summed E-state index contributed by atoms with van der Waals surface area (Å²) in [6.07, 6.45) is -5.39. The average Bonchev–Trinajstić information content (AvgIpc) is 3.01. The highest BCUT2D eigenvalue weighted by Gasteiger charge is 2.42. The smallest absolute Gasteiger partial charge is 0.346 e. The van der Waals surface area contributed by atoms with Gasteiger partial charge in [0.1, 0.15) is 5.82 Å². The van der Waals surface area contributed by atoms with Crippen molar-refractivity contribution in [3.05, 3.63) is 106 Å². The number of carbonyl (C=O) groups excluding carboxylic acids is 1. The maximum atomic E-state index is 13.6. The van der Waals surface area contributed by atoms with Gasteiger partial charge in [-0.25, -0.2) is 4.39 Å². The molecule has 1 aliphatic carbocycles. The largest absolute Gasteiger partial charge is 0.416 e. The van der Waals surface area contributed by atoms with Crippen LogP contribution in [0.1, 0.15) is 85.1 Å². The molecule has 5 rings (SSSR count). The van der Waals surface area contributed by atoms with Gasteiger partial charge in [0.25, 0.3) is 0 Å². The van der Waals surface area contributed by atoms with Gasteiger partial charge in [0.05, 0.1) is 22.6 Å². The molecule has 0 aromatic heterocycles. The molecule has 2 aliphatic rings. The van der Waals surface area contributed by atoms with Crippen molar-refractivity contribution in [3.8, 4) is 0 Å². The Kier molecular flexibility index (Phi) is 10.6. The number of benzene rings is 3. The molecule has 1 saturated heterocycles. The molecule has 3 nitrogen and oxygen atoms in total. The lowest BCUT2D eigenvalue weighted by molar-refractivity contribution is -0.143. The quantitative estimate of drug-likeness (QED) is 0.268. The molecule has 1 atom stereocenters. The number of nitrogens with zero attached hydrogens (tertiary/aromatic N) is 1. The number of piperidine rings is 1. The number of alkyl halides is 6. The van der Waals surface area contributed by atoms with Gasteiger partial charge in [-0.3, -0.25) is 4.79 Å². The summed E-state index contributed by atoms with van der Waals surface area (Å²) in [7, 11) is 0. The summed E-state index contributed by atoms with van der Waals surface area (Å²) >= 11 is 0. The van der Waals surface area contributed by atoms with Crippen LogP contribution in [0.25, 0.3) is 0 Å². The van der Waals surface area contributed by atoms with Crippen molar-refractivity contribution in [1.29, 1.82) is 0 Å². The molecule has 3 aromatic carbocycles. The van der Waals surface area contributed by atoms with Crippen LogP contribution in [0, 0.1) is 5.82 Å². The summed E-state index contributed by atoms with van der Waals surface area (Å²) in [4.78, 5) is 16.0. The molecular formula is C34H36ClF7N2O. The van der Waals surface area contributed by atoms with Crippen LogP contribution in [0.5, 0.6) is 0 Å². The lowest BCUT2D eigenvalue weighted by Gasteiger charge is -2.46. The zero-order valence-corrected chi connectivity index (χ0v) is 25.5. The third kappa shape index (κ3) is 8.01. The molecule has 244 valence electrons. The highest BCUT2D eigenvalue weighted by Crippen LogP contribution is 2.42. The molecule has 1 amide bonds. The molecule has 1 saturated carbocycles. The molecule has 1 aliphatic heterocycles. The third-order valence-corrected chi connectivity index (χ3v) is 9.39. The van der Waals surface area contributed by atoms with Crippen LogP contribution in [-0.2, 0) is 22.7 Å². The van der Waals surface area contributed by atoms with E-state index in [-0.39, 0.29) is 35.9 Å². The summed E-state index contributed by atoms with van der Waals surface area (Å²) in [5, 5.41) is 3.07. The van der Waals surface area contributed by atoms with Crippen molar-refractivity contribution in [3.63, 3.8) is 0 Å². The van der Waals surface area contributed by atoms with Crippen molar-refractivity contribution >= 4 is 18.3 Å². The van der Waals surface area contributed by atoms with Gasteiger partial charge in [0, 0.05) is 6.04 Å². The summed E-state index contributed by atoms with van der Waals surface area (Å²) < 4.78 is 94.3. The van der Waals surface area contributed by atoms with Crippen molar-refractivity contribution in [1.82, 2.24) is 10.2 Å². The number of nitrogens with one attached hydrogen (secondary N) is 1. The fraction of sp³-hybridized carbons (Fsp3) is 0.441. The minimum absolute atomic E-state index is 0. The molecule has 1 N–H and O–H groups in total. The van der Waals surface area contributed by atoms with Gasteiger partial charge in [0.2, 0.25) is 5.91 Å². The van der Waals surface area contributed by atoms with Crippen LogP contribution in [-0.4, -0.2) is 29.9 Å². The van der Waals surface area contributed by atoms with Crippen molar-refractivity contribution in [2.45, 2.75) is 81.2 Å². The first-order valence-electron chi connectivity index (χ1n) is 14.9. The standard InChI is InChI=1S/C34H35F7N2O.ClH/c1-22(25-19-27(33(36,37)38)21-28(20-25)34(39,40)41)31(44)42-32(26-5-3-2-4-6-26)15-11-30(12-16-32)43-17-13-24(14-18-43)23-7-9-29(35)10-8-23;/h2-10,19-22,24,30H,11-18H2,1H3,(H,42,44);1H. The van der Waals surface area contributed by atoms with Crippen LogP contribution >= 0.6 is 12.4 Å². The molecular weight excluding hydrogens is 621 g/mol. The third-order valence-electron chi connectivity index (χ3n) is 9.39. The van der Waals surface area contributed by atoms with Gasteiger partial charge in [-0.1, -0.05) is 42.5 Å². The minimum Gasteiger partial charge on any atom is -0.346 e. The fourth-order valence-electron chi connectivity index (χ4n) is 6.76. The van der Waals surface area contributed by atoms with Gasteiger partial charge < -0.3 is 10.2 Å². The zero-order valence-electron chi connectivity index (χ0n) is 24.7. The topological polar surface area (TPSA) is 32.3 Å². The molecule has 45 heavy (non-hydrogen) atoms. The monoisotopic (exact) mass is 656 g/mol. The van der Waals surface area contributed by atoms with E-state index >= 15 is 0 Å². The number of hydrogen-bond acceptors (Lipinski definition) is 2. The van der Waals surface area contributed by atoms with Gasteiger partial charge in [-0.05, 0) is 111 Å². The number of hydrogen-bond donors (Lipinski definition) is 1. The number of carbonyl (C=O) groups is 1. The van der Waals surface area contributed by atoms with E-state index in [9.17, 15) is 35.5 Å². The van der Waals surface area contributed by atoms with E-state index in [1.165, 1.54) is 19.1 Å². The van der Waals surface area contributed by atoms with Crippen molar-refractivity contribution < 1.29 is 35.5 Å². The van der Waals surface area contributed by atoms with Crippen LogP contribution in [0.15, 0.2) is 72.8 Å². The Bertz CT molecular complexity index is 1400. The van der Waals surface area contributed by atoms with Crippen molar-refractivity contribution in [2.75, 3.05) is 13.1 Å². The van der Waals surface area contributed by atoms with E-state index < -0.39 is 40.8 Å². The Morgan fingerprint density at radius 1 is 0.822 bits per heavy atom. The van der Waals surface area contributed by atoms with Crippen LogP contribution < -0.4 is 5.32 Å². The molecule has 0 bridgehead atoms. The Morgan fingerprint density at radius 2 is 1.36 bits per heavy atom. The minimum atomic E-state index is -5.00. The Hall–Kier alpha value is -3.11. The molecule has 3 aromatic rings. The first-order chi connectivity index (χ1) is 20.7. The second kappa shape index (κ2) is 13.7. The lowest BCUT2D eigenvalue weighted by atomic mass is 9.73. The first kappa shape index (κ1) is 34.8. The highest BCUT2D eigenvalue weighted by atomic mass is 35.5. The average molecular weight is 657 g/mol. The van der Waals surface area contributed by atoms with Crippen LogP contribution in [0.3, 0.4) is 0 Å². The lowest BCUT2D eigenvalue weighted by Crippen LogP contribution is -2.53. The zero-order chi connectivity index (χ0) is 31.7. The maximum absolute atomic E-state index is 13.6. The molecule has 1 heterocycles. The number of rotatable bonds is 6.